The summed E-state index contributed by atoms with van der Waals surface area (Å²) in [6, 6.07) is 6.53. The van der Waals surface area contributed by atoms with E-state index in [-0.39, 0.29) is 24.2 Å². The molecule has 1 fully saturated rings. The monoisotopic (exact) mass is 346 g/mol. The van der Waals surface area contributed by atoms with Crippen LogP contribution in [0.3, 0.4) is 0 Å². The number of methoxy groups -OCH3 is 1. The van der Waals surface area contributed by atoms with E-state index in [1.165, 1.54) is 4.90 Å². The van der Waals surface area contributed by atoms with Gasteiger partial charge in [-0.3, -0.25) is 15.0 Å². The first-order valence-electron chi connectivity index (χ1n) is 8.53. The second kappa shape index (κ2) is 9.17. The number of hydrogen-bond donors (Lipinski definition) is 2. The van der Waals surface area contributed by atoms with Gasteiger partial charge >= 0.3 is 0 Å². The minimum Gasteiger partial charge on any atom is -0.384 e. The van der Waals surface area contributed by atoms with Gasteiger partial charge in [-0.25, -0.2) is 0 Å². The molecule has 136 valence electrons. The van der Waals surface area contributed by atoms with E-state index in [9.17, 15) is 9.59 Å². The topological polar surface area (TPSA) is 99.7 Å². The Labute approximate surface area is 148 Å². The first kappa shape index (κ1) is 18.9. The van der Waals surface area contributed by atoms with Crippen LogP contribution in [0.1, 0.15) is 35.2 Å². The Morgan fingerprint density at radius 3 is 2.32 bits per heavy atom. The number of amides is 2. The van der Waals surface area contributed by atoms with Crippen molar-refractivity contribution in [1.29, 1.82) is 5.41 Å². The number of amidine groups is 1. The zero-order valence-corrected chi connectivity index (χ0v) is 14.7. The molecule has 1 heterocycles. The number of carbonyl (C=O) groups is 2. The second-order valence-corrected chi connectivity index (χ2v) is 6.15. The lowest BCUT2D eigenvalue weighted by atomic mass is 10.1. The normalized spacial score (nSPS) is 14.2. The molecule has 1 aromatic carbocycles. The molecular formula is C18H26N4O3. The van der Waals surface area contributed by atoms with Crippen LogP contribution in [0.15, 0.2) is 24.3 Å². The van der Waals surface area contributed by atoms with Gasteiger partial charge in [0.1, 0.15) is 12.4 Å². The molecule has 0 radical (unpaired) electrons. The van der Waals surface area contributed by atoms with E-state index in [4.69, 9.17) is 15.9 Å². The zero-order valence-electron chi connectivity index (χ0n) is 14.7. The highest BCUT2D eigenvalue weighted by Crippen LogP contribution is 2.11. The number of piperidine rings is 1. The van der Waals surface area contributed by atoms with Crippen molar-refractivity contribution in [3.8, 4) is 0 Å². The summed E-state index contributed by atoms with van der Waals surface area (Å²) in [6.45, 7) is 2.29. The Morgan fingerprint density at radius 1 is 1.16 bits per heavy atom. The third kappa shape index (κ3) is 5.29. The number of nitrogen functional groups attached to an aromatic ring is 1. The lowest BCUT2D eigenvalue weighted by molar-refractivity contribution is -0.132. The van der Waals surface area contributed by atoms with Gasteiger partial charge < -0.3 is 20.3 Å². The number of nitrogens with zero attached hydrogens (tertiary/aromatic N) is 2. The van der Waals surface area contributed by atoms with Gasteiger partial charge in [-0.05, 0) is 31.4 Å². The maximum Gasteiger partial charge on any atom is 0.254 e. The molecule has 1 aliphatic rings. The predicted octanol–water partition coefficient (Wildman–Crippen LogP) is 1.07. The standard InChI is InChI=1S/C18H26N4O3/c1-25-12-11-22(13-16(23)21-9-3-2-4-10-21)18(24)15-7-5-14(6-8-15)17(19)20/h5-8H,2-4,9-13H2,1H3,(H3,19,20). The van der Waals surface area contributed by atoms with Crippen LogP contribution in [0, 0.1) is 5.41 Å². The van der Waals surface area contributed by atoms with Crippen LogP contribution >= 0.6 is 0 Å². The maximum absolute atomic E-state index is 12.8. The fourth-order valence-electron chi connectivity index (χ4n) is 2.84. The van der Waals surface area contributed by atoms with Gasteiger partial charge in [0, 0.05) is 37.9 Å². The largest absolute Gasteiger partial charge is 0.384 e. The molecule has 2 rings (SSSR count). The molecule has 2 amide bonds. The molecule has 1 aliphatic heterocycles. The molecule has 1 saturated heterocycles. The number of rotatable bonds is 7. The minimum absolute atomic E-state index is 0.0236. The lowest BCUT2D eigenvalue weighted by Gasteiger charge is -2.30. The quantitative estimate of drug-likeness (QED) is 0.570. The van der Waals surface area contributed by atoms with Crippen molar-refractivity contribution in [3.05, 3.63) is 35.4 Å². The summed E-state index contributed by atoms with van der Waals surface area (Å²) in [4.78, 5) is 28.6. The van der Waals surface area contributed by atoms with Gasteiger partial charge in [-0.1, -0.05) is 12.1 Å². The Balaban J connectivity index is 2.07. The molecule has 0 saturated carbocycles. The van der Waals surface area contributed by atoms with E-state index < -0.39 is 0 Å². The average Bonchev–Trinajstić information content (AvgIpc) is 2.65. The summed E-state index contributed by atoms with van der Waals surface area (Å²) in [7, 11) is 1.57. The molecule has 0 aliphatic carbocycles. The minimum atomic E-state index is -0.225. The molecule has 0 atom stereocenters. The van der Waals surface area contributed by atoms with Crippen molar-refractivity contribution in [2.24, 2.45) is 5.73 Å². The van der Waals surface area contributed by atoms with Crippen LogP contribution in [-0.2, 0) is 9.53 Å². The van der Waals surface area contributed by atoms with Crippen LogP contribution < -0.4 is 5.73 Å². The molecule has 7 nitrogen and oxygen atoms in total. The van der Waals surface area contributed by atoms with Crippen LogP contribution in [0.4, 0.5) is 0 Å². The van der Waals surface area contributed by atoms with E-state index in [2.05, 4.69) is 0 Å². The predicted molar refractivity (Wildman–Crippen MR) is 95.7 cm³/mol. The smallest absolute Gasteiger partial charge is 0.254 e. The molecule has 0 aromatic heterocycles. The molecular weight excluding hydrogens is 320 g/mol. The number of ether oxygens (including phenoxy) is 1. The average molecular weight is 346 g/mol. The lowest BCUT2D eigenvalue weighted by Crippen LogP contribution is -2.45. The summed E-state index contributed by atoms with van der Waals surface area (Å²) in [5.41, 5.74) is 6.46. The van der Waals surface area contributed by atoms with Gasteiger partial charge in [0.25, 0.3) is 5.91 Å². The molecule has 7 heteroatoms. The Bertz CT molecular complexity index is 609. The number of nitrogens with two attached hydrogens (primary N) is 1. The van der Waals surface area contributed by atoms with E-state index in [0.29, 0.717) is 24.3 Å². The van der Waals surface area contributed by atoms with Crippen LogP contribution in [0.5, 0.6) is 0 Å². The van der Waals surface area contributed by atoms with E-state index in [1.807, 2.05) is 4.90 Å². The van der Waals surface area contributed by atoms with Crippen molar-refractivity contribution < 1.29 is 14.3 Å². The molecule has 25 heavy (non-hydrogen) atoms. The van der Waals surface area contributed by atoms with Gasteiger partial charge in [-0.15, -0.1) is 0 Å². The van der Waals surface area contributed by atoms with Crippen molar-refractivity contribution in [2.75, 3.05) is 39.9 Å². The SMILES string of the molecule is COCCN(CC(=O)N1CCCCC1)C(=O)c1ccc(C(=N)N)cc1. The summed E-state index contributed by atoms with van der Waals surface area (Å²) < 4.78 is 5.07. The highest BCUT2D eigenvalue weighted by molar-refractivity contribution is 5.99. The molecule has 1 aromatic rings. The summed E-state index contributed by atoms with van der Waals surface area (Å²) in [6.07, 6.45) is 3.19. The summed E-state index contributed by atoms with van der Waals surface area (Å²) >= 11 is 0. The Hall–Kier alpha value is -2.41. The third-order valence-electron chi connectivity index (χ3n) is 4.33. The van der Waals surface area contributed by atoms with Gasteiger partial charge in [-0.2, -0.15) is 0 Å². The van der Waals surface area contributed by atoms with E-state index in [1.54, 1.807) is 31.4 Å². The number of nitrogens with one attached hydrogen (secondary N) is 1. The number of hydrogen-bond acceptors (Lipinski definition) is 4. The molecule has 3 N–H and O–H groups in total. The maximum atomic E-state index is 12.8. The molecule has 0 spiro atoms. The molecule has 0 bridgehead atoms. The highest BCUT2D eigenvalue weighted by atomic mass is 16.5. The van der Waals surface area contributed by atoms with Crippen LogP contribution in [0.25, 0.3) is 0 Å². The van der Waals surface area contributed by atoms with Gasteiger partial charge in [0.2, 0.25) is 5.91 Å². The highest BCUT2D eigenvalue weighted by Gasteiger charge is 2.23. The van der Waals surface area contributed by atoms with Crippen molar-refractivity contribution in [1.82, 2.24) is 9.80 Å². The van der Waals surface area contributed by atoms with E-state index in [0.717, 1.165) is 32.4 Å². The first-order chi connectivity index (χ1) is 12.0. The zero-order chi connectivity index (χ0) is 18.2. The Kier molecular flexibility index (Phi) is 6.94. The number of likely N-dealkylation sites (tertiary alicyclic amines) is 1. The van der Waals surface area contributed by atoms with E-state index >= 15 is 0 Å². The van der Waals surface area contributed by atoms with Crippen LogP contribution in [-0.4, -0.2) is 67.3 Å². The van der Waals surface area contributed by atoms with Gasteiger partial charge in [0.15, 0.2) is 0 Å². The third-order valence-corrected chi connectivity index (χ3v) is 4.33. The van der Waals surface area contributed by atoms with Crippen molar-refractivity contribution >= 4 is 17.6 Å². The van der Waals surface area contributed by atoms with Crippen LogP contribution in [0.2, 0.25) is 0 Å². The number of benzene rings is 1. The second-order valence-electron chi connectivity index (χ2n) is 6.15. The summed E-state index contributed by atoms with van der Waals surface area (Å²) in [5, 5.41) is 7.41. The van der Waals surface area contributed by atoms with Crippen molar-refractivity contribution in [2.45, 2.75) is 19.3 Å². The fraction of sp³-hybridized carbons (Fsp3) is 0.500. The fourth-order valence-corrected chi connectivity index (χ4v) is 2.84. The summed E-state index contributed by atoms with van der Waals surface area (Å²) in [5.74, 6) is -0.294. The first-order valence-corrected chi connectivity index (χ1v) is 8.53. The molecule has 0 unspecified atom stereocenters. The number of carbonyl (C=O) groups excluding carboxylic acids is 2. The Morgan fingerprint density at radius 2 is 1.76 bits per heavy atom. The van der Waals surface area contributed by atoms with Gasteiger partial charge in [0.05, 0.1) is 6.61 Å². The van der Waals surface area contributed by atoms with Crippen molar-refractivity contribution in [3.63, 3.8) is 0 Å².